The largest absolute Gasteiger partial charge is 0.385 e. The lowest BCUT2D eigenvalue weighted by molar-refractivity contribution is 0.592. The number of hydrogen-bond donors (Lipinski definition) is 0. The molecule has 0 saturated heterocycles. The van der Waals surface area contributed by atoms with Crippen molar-refractivity contribution in [3.63, 3.8) is 0 Å². The summed E-state index contributed by atoms with van der Waals surface area (Å²) in [6, 6.07) is 7.96. The minimum atomic E-state index is 0.801. The van der Waals surface area contributed by atoms with Gasteiger partial charge in [0.25, 0.3) is 0 Å². The molecule has 0 spiro atoms. The number of hydrogen-bond acceptors (Lipinski definition) is 1. The average molecular weight is 227 g/mol. The van der Waals surface area contributed by atoms with Crippen molar-refractivity contribution in [2.45, 2.75) is 45.4 Å². The molecule has 1 nitrogen and oxygen atoms in total. The summed E-state index contributed by atoms with van der Waals surface area (Å²) in [5.41, 5.74) is 1.21. The lowest BCUT2D eigenvalue weighted by Crippen LogP contribution is -1.89. The lowest BCUT2D eigenvalue weighted by Gasteiger charge is -2.05. The SMILES string of the molecule is CCCCCCCc1ccccc1OCl. The Labute approximate surface area is 97.6 Å². The molecule has 0 aliphatic heterocycles. The molecule has 0 bridgehead atoms. The summed E-state index contributed by atoms with van der Waals surface area (Å²) in [7, 11) is 0. The van der Waals surface area contributed by atoms with E-state index in [0.29, 0.717) is 0 Å². The fraction of sp³-hybridized carbons (Fsp3) is 0.538. The van der Waals surface area contributed by atoms with E-state index in [0.717, 1.165) is 12.2 Å². The van der Waals surface area contributed by atoms with Crippen molar-refractivity contribution in [3.05, 3.63) is 29.8 Å². The molecule has 0 aliphatic rings. The third-order valence-electron chi connectivity index (χ3n) is 2.61. The van der Waals surface area contributed by atoms with Crippen molar-refractivity contribution in [1.29, 1.82) is 0 Å². The van der Waals surface area contributed by atoms with Crippen LogP contribution >= 0.6 is 11.9 Å². The predicted octanol–water partition coefficient (Wildman–Crippen LogP) is 4.73. The molecule has 0 aliphatic carbocycles. The first-order valence-electron chi connectivity index (χ1n) is 5.75. The van der Waals surface area contributed by atoms with Crippen molar-refractivity contribution < 1.29 is 4.29 Å². The van der Waals surface area contributed by atoms with Crippen LogP contribution in [0.4, 0.5) is 0 Å². The molecule has 15 heavy (non-hydrogen) atoms. The number of rotatable bonds is 7. The molecule has 0 unspecified atom stereocenters. The Bertz CT molecular complexity index is 273. The predicted molar refractivity (Wildman–Crippen MR) is 65.4 cm³/mol. The molecule has 0 amide bonds. The summed E-state index contributed by atoms with van der Waals surface area (Å²) in [6.45, 7) is 2.23. The van der Waals surface area contributed by atoms with Crippen LogP contribution < -0.4 is 4.29 Å². The molecular weight excluding hydrogens is 208 g/mol. The van der Waals surface area contributed by atoms with Crippen LogP contribution in [0.3, 0.4) is 0 Å². The quantitative estimate of drug-likeness (QED) is 0.611. The minimum absolute atomic E-state index is 0.801. The molecule has 0 fully saturated rings. The van der Waals surface area contributed by atoms with E-state index in [1.54, 1.807) is 0 Å². The van der Waals surface area contributed by atoms with E-state index in [2.05, 4.69) is 13.0 Å². The highest BCUT2D eigenvalue weighted by atomic mass is 35.5. The Morgan fingerprint density at radius 1 is 1.07 bits per heavy atom. The first kappa shape index (κ1) is 12.4. The second-order valence-corrected chi connectivity index (χ2v) is 4.00. The fourth-order valence-electron chi connectivity index (χ4n) is 1.70. The van der Waals surface area contributed by atoms with E-state index in [-0.39, 0.29) is 0 Å². The second-order valence-electron chi connectivity index (χ2n) is 3.85. The number of aryl methyl sites for hydroxylation is 1. The molecule has 0 aromatic heterocycles. The summed E-state index contributed by atoms with van der Waals surface area (Å²) < 4.78 is 4.80. The molecule has 2 heteroatoms. The number of para-hydroxylation sites is 1. The van der Waals surface area contributed by atoms with Gasteiger partial charge in [0.2, 0.25) is 0 Å². The monoisotopic (exact) mass is 226 g/mol. The van der Waals surface area contributed by atoms with E-state index in [1.807, 2.05) is 18.2 Å². The zero-order valence-electron chi connectivity index (χ0n) is 9.34. The zero-order valence-corrected chi connectivity index (χ0v) is 10.1. The third kappa shape index (κ3) is 4.57. The van der Waals surface area contributed by atoms with Crippen molar-refractivity contribution in [2.24, 2.45) is 0 Å². The van der Waals surface area contributed by atoms with E-state index in [1.165, 1.54) is 37.7 Å². The zero-order chi connectivity index (χ0) is 10.9. The normalized spacial score (nSPS) is 10.3. The molecule has 0 radical (unpaired) electrons. The van der Waals surface area contributed by atoms with Gasteiger partial charge in [-0.15, -0.1) is 0 Å². The maximum atomic E-state index is 5.39. The molecular formula is C13H19ClO. The summed E-state index contributed by atoms with van der Waals surface area (Å²) >= 11 is 5.39. The Kier molecular flexibility index (Phi) is 6.26. The minimum Gasteiger partial charge on any atom is -0.385 e. The van der Waals surface area contributed by atoms with Crippen LogP contribution in [0.15, 0.2) is 24.3 Å². The van der Waals surface area contributed by atoms with Crippen LogP contribution in [0, 0.1) is 0 Å². The van der Waals surface area contributed by atoms with Gasteiger partial charge < -0.3 is 4.29 Å². The Morgan fingerprint density at radius 3 is 2.53 bits per heavy atom. The standard InChI is InChI=1S/C13H19ClO/c1-2-3-4-5-6-9-12-10-7-8-11-13(12)15-14/h7-8,10-11H,2-6,9H2,1H3. The van der Waals surface area contributed by atoms with Gasteiger partial charge >= 0.3 is 0 Å². The third-order valence-corrected chi connectivity index (χ3v) is 2.77. The molecule has 84 valence electrons. The average Bonchev–Trinajstić information content (AvgIpc) is 2.29. The van der Waals surface area contributed by atoms with Crippen LogP contribution in [0.2, 0.25) is 0 Å². The Morgan fingerprint density at radius 2 is 1.80 bits per heavy atom. The van der Waals surface area contributed by atoms with Crippen molar-refractivity contribution in [1.82, 2.24) is 0 Å². The molecule has 1 rings (SSSR count). The van der Waals surface area contributed by atoms with Gasteiger partial charge in [-0.25, -0.2) is 0 Å². The van der Waals surface area contributed by atoms with Gasteiger partial charge in [-0.1, -0.05) is 50.8 Å². The molecule has 0 heterocycles. The lowest BCUT2D eigenvalue weighted by atomic mass is 10.0. The van der Waals surface area contributed by atoms with Crippen LogP contribution in [-0.4, -0.2) is 0 Å². The first-order chi connectivity index (χ1) is 7.38. The number of unbranched alkanes of at least 4 members (excludes halogenated alkanes) is 4. The summed E-state index contributed by atoms with van der Waals surface area (Å²) in [6.07, 6.45) is 7.55. The van der Waals surface area contributed by atoms with Crippen LogP contribution in [-0.2, 0) is 6.42 Å². The molecule has 0 atom stereocenters. The Balaban J connectivity index is 2.30. The molecule has 1 aromatic rings. The van der Waals surface area contributed by atoms with Gasteiger partial charge in [-0.05, 0) is 24.5 Å². The van der Waals surface area contributed by atoms with Gasteiger partial charge in [0.05, 0.1) is 0 Å². The fourth-order valence-corrected chi connectivity index (χ4v) is 1.86. The molecule has 0 N–H and O–H groups in total. The van der Waals surface area contributed by atoms with Crippen LogP contribution in [0.25, 0.3) is 0 Å². The summed E-state index contributed by atoms with van der Waals surface area (Å²) in [5, 5.41) is 0. The van der Waals surface area contributed by atoms with Crippen LogP contribution in [0.5, 0.6) is 5.75 Å². The molecule has 1 aromatic carbocycles. The van der Waals surface area contributed by atoms with Crippen molar-refractivity contribution in [2.75, 3.05) is 0 Å². The second kappa shape index (κ2) is 7.58. The van der Waals surface area contributed by atoms with E-state index >= 15 is 0 Å². The number of benzene rings is 1. The maximum Gasteiger partial charge on any atom is 0.149 e. The highest BCUT2D eigenvalue weighted by Gasteiger charge is 2.01. The van der Waals surface area contributed by atoms with Gasteiger partial charge in [0.15, 0.2) is 0 Å². The topological polar surface area (TPSA) is 9.23 Å². The van der Waals surface area contributed by atoms with E-state index < -0.39 is 0 Å². The van der Waals surface area contributed by atoms with Crippen molar-refractivity contribution >= 4 is 11.9 Å². The van der Waals surface area contributed by atoms with Gasteiger partial charge in [0.1, 0.15) is 17.6 Å². The van der Waals surface area contributed by atoms with E-state index in [9.17, 15) is 0 Å². The summed E-state index contributed by atoms with van der Waals surface area (Å²) in [5.74, 6) is 0.801. The van der Waals surface area contributed by atoms with Crippen molar-refractivity contribution in [3.8, 4) is 5.75 Å². The van der Waals surface area contributed by atoms with Gasteiger partial charge in [-0.3, -0.25) is 0 Å². The van der Waals surface area contributed by atoms with Gasteiger partial charge in [0, 0.05) is 0 Å². The Hall–Kier alpha value is -0.690. The summed E-state index contributed by atoms with van der Waals surface area (Å²) in [4.78, 5) is 0. The smallest absolute Gasteiger partial charge is 0.149 e. The maximum absolute atomic E-state index is 5.39. The number of halogens is 1. The van der Waals surface area contributed by atoms with Crippen LogP contribution in [0.1, 0.15) is 44.6 Å². The highest BCUT2D eigenvalue weighted by Crippen LogP contribution is 2.21. The first-order valence-corrected chi connectivity index (χ1v) is 6.06. The van der Waals surface area contributed by atoms with Gasteiger partial charge in [-0.2, -0.15) is 0 Å². The highest BCUT2D eigenvalue weighted by molar-refractivity contribution is 6.09. The van der Waals surface area contributed by atoms with E-state index in [4.69, 9.17) is 16.2 Å². The molecule has 0 saturated carbocycles.